The molecule has 1 unspecified atom stereocenters. The normalized spacial score (nSPS) is 25.5. The van der Waals surface area contributed by atoms with Crippen molar-refractivity contribution in [2.24, 2.45) is 11.3 Å². The minimum atomic E-state index is -2.81. The van der Waals surface area contributed by atoms with E-state index in [0.29, 0.717) is 55.1 Å². The number of oxazole rings is 1. The minimum absolute atomic E-state index is 0.0457. The molecule has 1 atom stereocenters. The Hall–Kier alpha value is -3.17. The van der Waals surface area contributed by atoms with Crippen molar-refractivity contribution in [2.75, 3.05) is 0 Å². The summed E-state index contributed by atoms with van der Waals surface area (Å²) >= 11 is 0. The maximum absolute atomic E-state index is 13.9. The Morgan fingerprint density at radius 2 is 1.64 bits per heavy atom. The highest BCUT2D eigenvalue weighted by Crippen LogP contribution is 2.52. The molecule has 1 heterocycles. The molecule has 4 aliphatic rings. The lowest BCUT2D eigenvalue weighted by molar-refractivity contribution is -0.156. The summed E-state index contributed by atoms with van der Waals surface area (Å²) in [5, 5.41) is 14.7. The zero-order valence-corrected chi connectivity index (χ0v) is 27.0. The number of hydrogen-bond donors (Lipinski definition) is 3. The van der Waals surface area contributed by atoms with Crippen LogP contribution in [0.1, 0.15) is 108 Å². The van der Waals surface area contributed by atoms with Crippen LogP contribution in [-0.4, -0.2) is 43.1 Å². The predicted molar refractivity (Wildman–Crippen MR) is 174 cm³/mol. The molecule has 4 fully saturated rings. The average molecular weight is 620 g/mol. The van der Waals surface area contributed by atoms with Gasteiger partial charge in [0.15, 0.2) is 5.76 Å². The number of benzene rings is 2. The molecule has 0 aliphatic heterocycles. The summed E-state index contributed by atoms with van der Waals surface area (Å²) in [7, 11) is -2.81. The van der Waals surface area contributed by atoms with Crippen molar-refractivity contribution in [3.8, 4) is 11.3 Å². The molecule has 2 bridgehead atoms. The van der Waals surface area contributed by atoms with Crippen LogP contribution in [0.15, 0.2) is 45.7 Å². The zero-order chi connectivity index (χ0) is 31.3. The van der Waals surface area contributed by atoms with Crippen molar-refractivity contribution in [1.82, 2.24) is 15.0 Å². The minimum Gasteiger partial charge on any atom is -0.481 e. The first-order valence-corrected chi connectivity index (χ1v) is 17.8. The van der Waals surface area contributed by atoms with E-state index in [0.717, 1.165) is 41.3 Å². The van der Waals surface area contributed by atoms with Crippen LogP contribution in [0.3, 0.4) is 0 Å². The predicted octanol–water partition coefficient (Wildman–Crippen LogP) is 6.90. The number of hydrogen-bond acceptors (Lipinski definition) is 5. The van der Waals surface area contributed by atoms with Crippen LogP contribution in [0.5, 0.6) is 0 Å². The number of carboxylic acids is 1. The van der Waals surface area contributed by atoms with E-state index < -0.39 is 32.2 Å². The Morgan fingerprint density at radius 3 is 2.25 bits per heavy atom. The van der Waals surface area contributed by atoms with E-state index in [1.807, 2.05) is 57.2 Å². The highest BCUT2D eigenvalue weighted by atomic mass is 32.2. The van der Waals surface area contributed by atoms with Gasteiger partial charge in [0.2, 0.25) is 0 Å². The standard InChI is InChI=1S/C35H45N3O5S/c1-33(2,3)38-44(4,42)28-15-14-26(24-12-8-9-13-25(24)28)29-27(22-23-10-6-5-7-11-23)36-31(43-29)30(39)37-35-19-16-34(17-20-35,18-21-35)32(40)41/h8-9,12-15,23H,4-7,10-11,16-22H2,1-3H3,(H,37,39)(H,38,42)(H,40,41). The summed E-state index contributed by atoms with van der Waals surface area (Å²) < 4.78 is 23.5. The summed E-state index contributed by atoms with van der Waals surface area (Å²) in [4.78, 5) is 31.1. The maximum Gasteiger partial charge on any atom is 0.309 e. The van der Waals surface area contributed by atoms with Crippen LogP contribution in [0.25, 0.3) is 22.1 Å². The number of fused-ring (bicyclic) bond motifs is 4. The van der Waals surface area contributed by atoms with Crippen LogP contribution in [-0.2, 0) is 20.9 Å². The molecule has 3 aromatic rings. The van der Waals surface area contributed by atoms with Crippen LogP contribution in [0, 0.1) is 11.3 Å². The van der Waals surface area contributed by atoms with E-state index in [-0.39, 0.29) is 11.8 Å². The summed E-state index contributed by atoms with van der Waals surface area (Å²) in [6.07, 6.45) is 10.3. The molecule has 0 radical (unpaired) electrons. The molecule has 236 valence electrons. The lowest BCUT2D eigenvalue weighted by atomic mass is 9.57. The molecule has 4 saturated carbocycles. The fourth-order valence-electron chi connectivity index (χ4n) is 7.76. The molecule has 9 heteroatoms. The summed E-state index contributed by atoms with van der Waals surface area (Å²) in [6.45, 7) is 5.90. The smallest absolute Gasteiger partial charge is 0.309 e. The average Bonchev–Trinajstić information content (AvgIpc) is 3.40. The summed E-state index contributed by atoms with van der Waals surface area (Å²) in [6, 6.07) is 11.6. The number of carboxylic acid groups (broad SMARTS) is 1. The van der Waals surface area contributed by atoms with Gasteiger partial charge in [-0.1, -0.05) is 56.4 Å². The first-order valence-electron chi connectivity index (χ1n) is 16.0. The van der Waals surface area contributed by atoms with Crippen molar-refractivity contribution in [1.29, 1.82) is 0 Å². The lowest BCUT2D eigenvalue weighted by Gasteiger charge is -2.51. The first-order chi connectivity index (χ1) is 20.8. The third kappa shape index (κ3) is 5.93. The van der Waals surface area contributed by atoms with E-state index >= 15 is 0 Å². The molecule has 3 N–H and O–H groups in total. The molecule has 1 amide bonds. The second-order valence-electron chi connectivity index (χ2n) is 14.5. The van der Waals surface area contributed by atoms with Gasteiger partial charge in [0.1, 0.15) is 0 Å². The number of nitrogens with zero attached hydrogens (tertiary/aromatic N) is 1. The summed E-state index contributed by atoms with van der Waals surface area (Å²) in [5.74, 6) is 4.12. The Labute approximate surface area is 260 Å². The molecule has 44 heavy (non-hydrogen) atoms. The van der Waals surface area contributed by atoms with Crippen molar-refractivity contribution in [3.05, 3.63) is 48.0 Å². The van der Waals surface area contributed by atoms with Crippen LogP contribution >= 0.6 is 0 Å². The van der Waals surface area contributed by atoms with Crippen LogP contribution < -0.4 is 10.0 Å². The van der Waals surface area contributed by atoms with Crippen LogP contribution in [0.2, 0.25) is 0 Å². The Balaban J connectivity index is 1.37. The van der Waals surface area contributed by atoms with E-state index in [4.69, 9.17) is 9.40 Å². The highest BCUT2D eigenvalue weighted by Gasteiger charge is 2.53. The van der Waals surface area contributed by atoms with Gasteiger partial charge in [-0.3, -0.25) is 9.59 Å². The molecule has 7 rings (SSSR count). The van der Waals surface area contributed by atoms with Gasteiger partial charge in [-0.15, -0.1) is 0 Å². The molecular formula is C35H45N3O5S. The fraction of sp³-hybridized carbons (Fsp3) is 0.543. The number of aliphatic carboxylic acids is 1. The van der Waals surface area contributed by atoms with Crippen molar-refractivity contribution >= 4 is 38.2 Å². The first kappa shape index (κ1) is 30.8. The van der Waals surface area contributed by atoms with Gasteiger partial charge in [0.25, 0.3) is 5.89 Å². The van der Waals surface area contributed by atoms with Gasteiger partial charge in [-0.05, 0) is 100 Å². The Bertz CT molecular complexity index is 1670. The van der Waals surface area contributed by atoms with E-state index in [1.165, 1.54) is 19.3 Å². The lowest BCUT2D eigenvalue weighted by Crippen LogP contribution is -2.58. The Kier molecular flexibility index (Phi) is 7.94. The van der Waals surface area contributed by atoms with Crippen molar-refractivity contribution in [3.63, 3.8) is 0 Å². The van der Waals surface area contributed by atoms with E-state index in [9.17, 15) is 18.9 Å². The molecule has 4 aliphatic carbocycles. The molecular weight excluding hydrogens is 574 g/mol. The van der Waals surface area contributed by atoms with Crippen molar-refractivity contribution in [2.45, 2.75) is 114 Å². The molecule has 2 aromatic carbocycles. The van der Waals surface area contributed by atoms with Gasteiger partial charge in [0.05, 0.1) is 25.7 Å². The molecule has 0 spiro atoms. The third-order valence-electron chi connectivity index (χ3n) is 10.1. The van der Waals surface area contributed by atoms with Gasteiger partial charge in [0, 0.05) is 16.6 Å². The number of amides is 1. The van der Waals surface area contributed by atoms with Gasteiger partial charge >= 0.3 is 11.9 Å². The largest absolute Gasteiger partial charge is 0.481 e. The SMILES string of the molecule is C=S(=O)(NC(C)(C)C)c1ccc(-c2oc(C(=O)NC34CCC(C(=O)O)(CC3)CC4)nc2CC2CCCCC2)c2ccccc12. The summed E-state index contributed by atoms with van der Waals surface area (Å²) in [5.41, 5.74) is 0.118. The number of nitrogens with one attached hydrogen (secondary N) is 2. The highest BCUT2D eigenvalue weighted by molar-refractivity contribution is 7.98. The molecule has 8 nitrogen and oxygen atoms in total. The van der Waals surface area contributed by atoms with Gasteiger partial charge in [-0.25, -0.2) is 13.9 Å². The number of rotatable bonds is 8. The maximum atomic E-state index is 13.9. The topological polar surface area (TPSA) is 122 Å². The van der Waals surface area contributed by atoms with E-state index in [2.05, 4.69) is 15.9 Å². The van der Waals surface area contributed by atoms with Crippen LogP contribution in [0.4, 0.5) is 0 Å². The number of aromatic nitrogens is 1. The second kappa shape index (κ2) is 11.3. The zero-order valence-electron chi connectivity index (χ0n) is 26.2. The number of carbonyl (C=O) groups is 2. The third-order valence-corrected chi connectivity index (χ3v) is 12.1. The Morgan fingerprint density at radius 1 is 1.00 bits per heavy atom. The number of carbonyl (C=O) groups excluding carboxylic acids is 1. The fourth-order valence-corrected chi connectivity index (χ4v) is 9.68. The van der Waals surface area contributed by atoms with E-state index in [1.54, 1.807) is 0 Å². The van der Waals surface area contributed by atoms with Crippen molar-refractivity contribution < 1.29 is 23.3 Å². The van der Waals surface area contributed by atoms with Gasteiger partial charge < -0.3 is 14.8 Å². The quantitative estimate of drug-likeness (QED) is 0.236. The van der Waals surface area contributed by atoms with Gasteiger partial charge in [-0.2, -0.15) is 0 Å². The molecule has 1 aromatic heterocycles. The monoisotopic (exact) mass is 619 g/mol. The molecule has 0 saturated heterocycles. The second-order valence-corrected chi connectivity index (χ2v) is 16.5.